The average Bonchev–Trinajstić information content (AvgIpc) is 3.38. The van der Waals surface area contributed by atoms with Crippen LogP contribution in [0.25, 0.3) is 21.0 Å². The highest BCUT2D eigenvalue weighted by Gasteiger charge is 2.15. The van der Waals surface area contributed by atoms with Crippen molar-refractivity contribution in [2.75, 3.05) is 13.1 Å². The number of amides is 2. The van der Waals surface area contributed by atoms with E-state index in [1.807, 2.05) is 24.3 Å². The predicted octanol–water partition coefficient (Wildman–Crippen LogP) is 3.42. The molecule has 0 radical (unpaired) electrons. The number of phenols is 1. The van der Waals surface area contributed by atoms with Gasteiger partial charge in [-0.1, -0.05) is 24.3 Å². The molecule has 0 saturated carbocycles. The van der Waals surface area contributed by atoms with Gasteiger partial charge < -0.3 is 20.2 Å². The topological polar surface area (TPSA) is 104 Å². The minimum absolute atomic E-state index is 0.0907. The van der Waals surface area contributed by atoms with Gasteiger partial charge in [-0.2, -0.15) is 0 Å². The number of benzene rings is 2. The molecule has 0 bridgehead atoms. The minimum Gasteiger partial charge on any atom is -0.507 e. The number of aromatic nitrogens is 1. The lowest BCUT2D eigenvalue weighted by atomic mass is 10.2. The molecule has 4 aromatic rings. The van der Waals surface area contributed by atoms with Gasteiger partial charge >= 0.3 is 0 Å². The zero-order valence-electron chi connectivity index (χ0n) is 15.2. The number of phenolic OH excluding ortho intramolecular Hbond substituents is 1. The van der Waals surface area contributed by atoms with Crippen LogP contribution in [0, 0.1) is 0 Å². The molecule has 0 fully saturated rings. The van der Waals surface area contributed by atoms with E-state index in [0.29, 0.717) is 10.8 Å². The van der Waals surface area contributed by atoms with E-state index in [9.17, 15) is 14.7 Å². The van der Waals surface area contributed by atoms with Gasteiger partial charge in [0.15, 0.2) is 16.5 Å². The summed E-state index contributed by atoms with van der Waals surface area (Å²) < 4.78 is 6.69. The lowest BCUT2D eigenvalue weighted by Crippen LogP contribution is -2.34. The van der Waals surface area contributed by atoms with Gasteiger partial charge in [-0.05, 0) is 36.4 Å². The number of nitrogens with zero attached hydrogens (tertiary/aromatic N) is 1. The van der Waals surface area contributed by atoms with Gasteiger partial charge in [0.05, 0.1) is 15.8 Å². The normalized spacial score (nSPS) is 10.8. The number of fused-ring (bicyclic) bond motifs is 1. The first-order valence-electron chi connectivity index (χ1n) is 8.92. The van der Waals surface area contributed by atoms with Crippen molar-refractivity contribution in [1.82, 2.24) is 15.6 Å². The van der Waals surface area contributed by atoms with E-state index in [1.54, 1.807) is 24.3 Å². The third-order valence-corrected chi connectivity index (χ3v) is 5.23. The number of rotatable bonds is 6. The van der Waals surface area contributed by atoms with Crippen LogP contribution in [0.5, 0.6) is 5.75 Å². The lowest BCUT2D eigenvalue weighted by Gasteiger charge is -2.07. The van der Waals surface area contributed by atoms with Gasteiger partial charge in [0, 0.05) is 13.1 Å². The molecule has 3 N–H and O–H groups in total. The molecular formula is C21H17N3O4S. The SMILES string of the molecule is O=C(NCCNC(=O)c1ccccc1O)c1ccc(-c2nc3ccccc3s2)o1. The van der Waals surface area contributed by atoms with Crippen molar-refractivity contribution in [1.29, 1.82) is 0 Å². The number of hydrogen-bond donors (Lipinski definition) is 3. The number of carbonyl (C=O) groups is 2. The monoisotopic (exact) mass is 407 g/mol. The highest BCUT2D eigenvalue weighted by Crippen LogP contribution is 2.31. The van der Waals surface area contributed by atoms with Gasteiger partial charge in [-0.3, -0.25) is 9.59 Å². The van der Waals surface area contributed by atoms with Crippen molar-refractivity contribution in [2.24, 2.45) is 0 Å². The summed E-state index contributed by atoms with van der Waals surface area (Å²) in [6.07, 6.45) is 0. The van der Waals surface area contributed by atoms with Crippen LogP contribution >= 0.6 is 11.3 Å². The van der Waals surface area contributed by atoms with E-state index in [1.165, 1.54) is 23.5 Å². The third kappa shape index (κ3) is 4.12. The number of thiazole rings is 1. The zero-order chi connectivity index (χ0) is 20.2. The summed E-state index contributed by atoms with van der Waals surface area (Å²) >= 11 is 1.49. The summed E-state index contributed by atoms with van der Waals surface area (Å²) in [6.45, 7) is 0.430. The second-order valence-electron chi connectivity index (χ2n) is 6.18. The summed E-state index contributed by atoms with van der Waals surface area (Å²) in [5.74, 6) is -0.176. The second-order valence-corrected chi connectivity index (χ2v) is 7.21. The van der Waals surface area contributed by atoms with Gasteiger partial charge in [0.2, 0.25) is 0 Å². The van der Waals surface area contributed by atoms with Crippen LogP contribution in [0.3, 0.4) is 0 Å². The molecule has 4 rings (SSSR count). The fourth-order valence-electron chi connectivity index (χ4n) is 2.75. The first kappa shape index (κ1) is 18.7. The molecule has 0 unspecified atom stereocenters. The van der Waals surface area contributed by atoms with E-state index >= 15 is 0 Å². The summed E-state index contributed by atoms with van der Waals surface area (Å²) in [6, 6.07) is 17.4. The molecule has 2 amide bonds. The maximum atomic E-state index is 12.3. The number of hydrogen-bond acceptors (Lipinski definition) is 6. The Kier molecular flexibility index (Phi) is 5.26. The highest BCUT2D eigenvalue weighted by atomic mass is 32.1. The maximum Gasteiger partial charge on any atom is 0.287 e. The van der Waals surface area contributed by atoms with Crippen molar-refractivity contribution in [3.63, 3.8) is 0 Å². The first-order chi connectivity index (χ1) is 14.1. The average molecular weight is 407 g/mol. The van der Waals surface area contributed by atoms with Crippen LogP contribution < -0.4 is 10.6 Å². The molecular weight excluding hydrogens is 390 g/mol. The number of nitrogens with one attached hydrogen (secondary N) is 2. The Morgan fingerprint density at radius 3 is 2.45 bits per heavy atom. The molecule has 0 aliphatic carbocycles. The summed E-state index contributed by atoms with van der Waals surface area (Å²) in [7, 11) is 0. The Bertz CT molecular complexity index is 1150. The van der Waals surface area contributed by atoms with Crippen LogP contribution in [-0.4, -0.2) is 35.0 Å². The fraction of sp³-hybridized carbons (Fsp3) is 0.0952. The highest BCUT2D eigenvalue weighted by molar-refractivity contribution is 7.21. The molecule has 2 heterocycles. The Hall–Kier alpha value is -3.65. The summed E-state index contributed by atoms with van der Waals surface area (Å²) in [5.41, 5.74) is 1.07. The smallest absolute Gasteiger partial charge is 0.287 e. The molecule has 2 aromatic carbocycles. The minimum atomic E-state index is -0.409. The molecule has 0 aliphatic rings. The Morgan fingerprint density at radius 2 is 1.66 bits per heavy atom. The van der Waals surface area contributed by atoms with E-state index in [2.05, 4.69) is 15.6 Å². The lowest BCUT2D eigenvalue weighted by molar-refractivity contribution is 0.0910. The van der Waals surface area contributed by atoms with Crippen LogP contribution in [0.1, 0.15) is 20.9 Å². The van der Waals surface area contributed by atoms with E-state index < -0.39 is 5.91 Å². The van der Waals surface area contributed by atoms with Crippen LogP contribution in [0.15, 0.2) is 65.1 Å². The second kappa shape index (κ2) is 8.15. The van der Waals surface area contributed by atoms with Crippen molar-refractivity contribution >= 4 is 33.4 Å². The van der Waals surface area contributed by atoms with Crippen molar-refractivity contribution in [3.05, 3.63) is 72.0 Å². The Morgan fingerprint density at radius 1 is 0.931 bits per heavy atom. The van der Waals surface area contributed by atoms with Crippen molar-refractivity contribution < 1.29 is 19.1 Å². The number of aromatic hydroxyl groups is 1. The number of carbonyl (C=O) groups excluding carboxylic acids is 2. The largest absolute Gasteiger partial charge is 0.507 e. The number of para-hydroxylation sites is 2. The summed E-state index contributed by atoms with van der Waals surface area (Å²) in [5, 5.41) is 15.7. The van der Waals surface area contributed by atoms with Crippen LogP contribution in [0.4, 0.5) is 0 Å². The van der Waals surface area contributed by atoms with Crippen molar-refractivity contribution in [3.8, 4) is 16.5 Å². The Labute approximate surface area is 170 Å². The van der Waals surface area contributed by atoms with Gasteiger partial charge in [-0.15, -0.1) is 11.3 Å². The third-order valence-electron chi connectivity index (χ3n) is 4.18. The fourth-order valence-corrected chi connectivity index (χ4v) is 3.68. The Balaban J connectivity index is 1.31. The quantitative estimate of drug-likeness (QED) is 0.425. The van der Waals surface area contributed by atoms with Gasteiger partial charge in [0.25, 0.3) is 11.8 Å². The standard InChI is InChI=1S/C21H17N3O4S/c25-15-7-3-1-5-13(15)19(26)22-11-12-23-20(27)16-9-10-17(28-16)21-24-14-6-2-4-8-18(14)29-21/h1-10,25H,11-12H2,(H,22,26)(H,23,27). The predicted molar refractivity (Wildman–Crippen MR) is 110 cm³/mol. The molecule has 8 heteroatoms. The number of furan rings is 1. The molecule has 7 nitrogen and oxygen atoms in total. The molecule has 0 atom stereocenters. The van der Waals surface area contributed by atoms with E-state index in [-0.39, 0.29) is 36.1 Å². The van der Waals surface area contributed by atoms with Crippen LogP contribution in [0.2, 0.25) is 0 Å². The molecule has 0 aliphatic heterocycles. The molecule has 2 aromatic heterocycles. The van der Waals surface area contributed by atoms with Gasteiger partial charge in [0.1, 0.15) is 5.75 Å². The molecule has 0 saturated heterocycles. The first-order valence-corrected chi connectivity index (χ1v) is 9.73. The molecule has 29 heavy (non-hydrogen) atoms. The maximum absolute atomic E-state index is 12.3. The van der Waals surface area contributed by atoms with E-state index in [0.717, 1.165) is 10.2 Å². The molecule has 146 valence electrons. The van der Waals surface area contributed by atoms with Gasteiger partial charge in [-0.25, -0.2) is 4.98 Å². The summed E-state index contributed by atoms with van der Waals surface area (Å²) in [4.78, 5) is 28.8. The molecule has 0 spiro atoms. The zero-order valence-corrected chi connectivity index (χ0v) is 16.0. The van der Waals surface area contributed by atoms with Crippen LogP contribution in [-0.2, 0) is 0 Å². The van der Waals surface area contributed by atoms with E-state index in [4.69, 9.17) is 4.42 Å². The van der Waals surface area contributed by atoms with Crippen molar-refractivity contribution in [2.45, 2.75) is 0 Å².